The maximum absolute atomic E-state index is 12.4. The van der Waals surface area contributed by atoms with Crippen LogP contribution in [0.25, 0.3) is 0 Å². The van der Waals surface area contributed by atoms with Crippen molar-refractivity contribution in [2.24, 2.45) is 17.6 Å². The molecule has 4 aliphatic rings. The predicted molar refractivity (Wildman–Crippen MR) is 229 cm³/mol. The lowest BCUT2D eigenvalue weighted by atomic mass is 9.95. The topological polar surface area (TPSA) is 177 Å². The van der Waals surface area contributed by atoms with Crippen molar-refractivity contribution in [3.63, 3.8) is 0 Å². The molecule has 13 heteroatoms. The first-order valence-corrected chi connectivity index (χ1v) is 22.1. The van der Waals surface area contributed by atoms with Gasteiger partial charge in [-0.1, -0.05) is 12.1 Å². The van der Waals surface area contributed by atoms with Gasteiger partial charge < -0.3 is 35.4 Å². The summed E-state index contributed by atoms with van der Waals surface area (Å²) in [6, 6.07) is 8.79. The molecule has 0 saturated carbocycles. The van der Waals surface area contributed by atoms with Crippen molar-refractivity contribution >= 4 is 24.1 Å². The van der Waals surface area contributed by atoms with E-state index in [4.69, 9.17) is 30.3 Å². The number of ether oxygens (including phenoxy) is 2. The van der Waals surface area contributed by atoms with Gasteiger partial charge in [-0.25, -0.2) is 9.59 Å². The SMILES string of the molecule is CC(C)(C)OC(=O)N1CCC(C(=O)NCCCc2ccc3c(n2)CCCC3)CC1.CC(C)(C)OC(=O)N1CCC(C(=O)O)CC1.NCCCc1ccc2c(n1)CCCC2. The highest BCUT2D eigenvalue weighted by molar-refractivity contribution is 5.79. The van der Waals surface area contributed by atoms with E-state index in [-0.39, 0.29) is 29.9 Å². The van der Waals surface area contributed by atoms with Crippen molar-refractivity contribution in [3.8, 4) is 0 Å². The third kappa shape index (κ3) is 16.7. The Morgan fingerprint density at radius 2 is 1.10 bits per heavy atom. The van der Waals surface area contributed by atoms with E-state index in [0.29, 0.717) is 58.4 Å². The van der Waals surface area contributed by atoms with E-state index >= 15 is 0 Å². The molecule has 0 spiro atoms. The summed E-state index contributed by atoms with van der Waals surface area (Å²) < 4.78 is 10.6. The van der Waals surface area contributed by atoms with E-state index in [1.54, 1.807) is 9.80 Å². The number of pyridine rings is 2. The molecule has 0 aromatic carbocycles. The number of amides is 3. The second-order valence-electron chi connectivity index (χ2n) is 18.3. The Balaban J connectivity index is 0.000000216. The third-order valence-electron chi connectivity index (χ3n) is 11.0. The number of likely N-dealkylation sites (tertiary alicyclic amines) is 2. The number of aromatic nitrogens is 2. The van der Waals surface area contributed by atoms with Crippen LogP contribution in [0.2, 0.25) is 0 Å². The van der Waals surface area contributed by atoms with Crippen LogP contribution in [0.3, 0.4) is 0 Å². The summed E-state index contributed by atoms with van der Waals surface area (Å²) in [5.41, 5.74) is 12.3. The minimum atomic E-state index is -0.774. The van der Waals surface area contributed by atoms with Crippen molar-refractivity contribution in [1.29, 1.82) is 0 Å². The molecule has 0 bridgehead atoms. The van der Waals surface area contributed by atoms with Gasteiger partial charge in [-0.3, -0.25) is 19.6 Å². The standard InChI is InChI=1S/C23H35N3O3.C12H18N2.C11H19NO4/c1-23(2,3)29-22(28)26-15-12-18(13-16-26)21(27)24-14-6-8-19-11-10-17-7-4-5-9-20(17)25-19;13-9-3-5-11-8-7-10-4-1-2-6-12(10)14-11;1-11(2,3)16-10(15)12-6-4-8(5-7-12)9(13)14/h10-11,18H,4-9,12-16H2,1-3H3,(H,24,27);7-8H,1-6,9,13H2;8H,4-7H2,1-3H3,(H,13,14). The van der Waals surface area contributed by atoms with Gasteiger partial charge in [0.1, 0.15) is 11.2 Å². The fourth-order valence-corrected chi connectivity index (χ4v) is 7.73. The Bertz CT molecular complexity index is 1670. The molecule has 0 radical (unpaired) electrons. The minimum Gasteiger partial charge on any atom is -0.481 e. The van der Waals surface area contributed by atoms with Crippen LogP contribution in [0.4, 0.5) is 9.59 Å². The highest BCUT2D eigenvalue weighted by atomic mass is 16.6. The van der Waals surface area contributed by atoms with E-state index in [1.165, 1.54) is 66.7 Å². The zero-order chi connectivity index (χ0) is 43.0. The van der Waals surface area contributed by atoms with Crippen LogP contribution < -0.4 is 11.1 Å². The number of nitrogens with two attached hydrogens (primary N) is 1. The molecule has 4 N–H and O–H groups in total. The minimum absolute atomic E-state index is 0.0180. The molecule has 13 nitrogen and oxygen atoms in total. The van der Waals surface area contributed by atoms with Crippen LogP contribution >= 0.6 is 0 Å². The lowest BCUT2D eigenvalue weighted by molar-refractivity contribution is -0.143. The number of rotatable bonds is 9. The molecule has 328 valence electrons. The number of carbonyl (C=O) groups is 4. The van der Waals surface area contributed by atoms with Gasteiger partial charge in [0, 0.05) is 61.4 Å². The van der Waals surface area contributed by atoms with Crippen molar-refractivity contribution in [3.05, 3.63) is 58.2 Å². The normalized spacial score (nSPS) is 17.2. The Morgan fingerprint density at radius 1 is 0.678 bits per heavy atom. The van der Waals surface area contributed by atoms with Crippen molar-refractivity contribution in [2.45, 2.75) is 155 Å². The number of nitrogens with zero attached hydrogens (tertiary/aromatic N) is 4. The maximum atomic E-state index is 12.4. The molecule has 3 amide bonds. The lowest BCUT2D eigenvalue weighted by Gasteiger charge is -2.32. The molecule has 2 aliphatic carbocycles. The third-order valence-corrected chi connectivity index (χ3v) is 11.0. The second-order valence-corrected chi connectivity index (χ2v) is 18.3. The lowest BCUT2D eigenvalue weighted by Crippen LogP contribution is -2.45. The molecule has 0 atom stereocenters. The van der Waals surface area contributed by atoms with E-state index in [2.05, 4.69) is 29.6 Å². The van der Waals surface area contributed by atoms with Crippen LogP contribution in [-0.4, -0.2) is 99.4 Å². The van der Waals surface area contributed by atoms with Gasteiger partial charge in [0.15, 0.2) is 0 Å². The van der Waals surface area contributed by atoms with E-state index < -0.39 is 17.2 Å². The van der Waals surface area contributed by atoms with Gasteiger partial charge in [0.2, 0.25) is 5.91 Å². The molecule has 4 heterocycles. The molecule has 2 aromatic rings. The van der Waals surface area contributed by atoms with Gasteiger partial charge in [0.25, 0.3) is 0 Å². The average Bonchev–Trinajstić information content (AvgIpc) is 3.20. The fourth-order valence-electron chi connectivity index (χ4n) is 7.73. The quantitative estimate of drug-likeness (QED) is 0.219. The summed E-state index contributed by atoms with van der Waals surface area (Å²) in [6.07, 6.45) is 15.4. The molecule has 2 fully saturated rings. The Kier molecular flexibility index (Phi) is 18.4. The molecule has 59 heavy (non-hydrogen) atoms. The van der Waals surface area contributed by atoms with Crippen molar-refractivity contribution in [2.75, 3.05) is 39.3 Å². The summed E-state index contributed by atoms with van der Waals surface area (Å²) in [7, 11) is 0. The molecule has 2 aromatic heterocycles. The van der Waals surface area contributed by atoms with Gasteiger partial charge in [-0.15, -0.1) is 0 Å². The van der Waals surface area contributed by atoms with Crippen LogP contribution in [0.1, 0.15) is 140 Å². The molecular weight excluding hydrogens is 749 g/mol. The molecular formula is C46H72N6O7. The van der Waals surface area contributed by atoms with Crippen LogP contribution in [-0.2, 0) is 57.6 Å². The number of fused-ring (bicyclic) bond motifs is 2. The number of aliphatic carboxylic acids is 1. The average molecular weight is 821 g/mol. The van der Waals surface area contributed by atoms with Crippen LogP contribution in [0.15, 0.2) is 24.3 Å². The van der Waals surface area contributed by atoms with E-state index in [1.807, 2.05) is 41.5 Å². The molecule has 2 saturated heterocycles. The maximum Gasteiger partial charge on any atom is 0.410 e. The number of carboxylic acids is 1. The van der Waals surface area contributed by atoms with Crippen LogP contribution in [0.5, 0.6) is 0 Å². The number of carboxylic acid groups (broad SMARTS) is 1. The first-order valence-electron chi connectivity index (χ1n) is 22.1. The summed E-state index contributed by atoms with van der Waals surface area (Å²) in [4.78, 5) is 59.7. The van der Waals surface area contributed by atoms with E-state index in [0.717, 1.165) is 50.8 Å². The van der Waals surface area contributed by atoms with Gasteiger partial charge in [-0.2, -0.15) is 0 Å². The zero-order valence-electron chi connectivity index (χ0n) is 36.8. The van der Waals surface area contributed by atoms with Crippen LogP contribution in [0, 0.1) is 11.8 Å². The number of carbonyl (C=O) groups excluding carboxylic acids is 3. The monoisotopic (exact) mass is 821 g/mol. The van der Waals surface area contributed by atoms with Crippen molar-refractivity contribution in [1.82, 2.24) is 25.1 Å². The van der Waals surface area contributed by atoms with Gasteiger partial charge in [0.05, 0.1) is 5.92 Å². The molecule has 0 unspecified atom stereocenters. The molecule has 2 aliphatic heterocycles. The zero-order valence-corrected chi connectivity index (χ0v) is 36.8. The highest BCUT2D eigenvalue weighted by Crippen LogP contribution is 2.23. The van der Waals surface area contributed by atoms with Gasteiger partial charge in [-0.05, 0) is 174 Å². The highest BCUT2D eigenvalue weighted by Gasteiger charge is 2.31. The summed E-state index contributed by atoms with van der Waals surface area (Å²) in [5.74, 6) is -1.01. The number of nitrogens with one attached hydrogen (secondary N) is 1. The Morgan fingerprint density at radius 3 is 1.53 bits per heavy atom. The first kappa shape index (κ1) is 47.4. The van der Waals surface area contributed by atoms with E-state index in [9.17, 15) is 19.2 Å². The Labute approximate surface area is 352 Å². The van der Waals surface area contributed by atoms with Gasteiger partial charge >= 0.3 is 18.2 Å². The number of hydrogen-bond acceptors (Lipinski definition) is 9. The number of piperidine rings is 2. The largest absolute Gasteiger partial charge is 0.481 e. The Hall–Kier alpha value is -4.26. The predicted octanol–water partition coefficient (Wildman–Crippen LogP) is 7.23. The number of aryl methyl sites for hydroxylation is 6. The summed E-state index contributed by atoms with van der Waals surface area (Å²) in [6.45, 7) is 14.6. The summed E-state index contributed by atoms with van der Waals surface area (Å²) >= 11 is 0. The van der Waals surface area contributed by atoms with Crippen molar-refractivity contribution < 1.29 is 33.8 Å². The first-order chi connectivity index (χ1) is 28.0. The summed E-state index contributed by atoms with van der Waals surface area (Å²) in [5, 5.41) is 11.9. The number of hydrogen-bond donors (Lipinski definition) is 3. The smallest absolute Gasteiger partial charge is 0.410 e. The molecule has 6 rings (SSSR count). The second kappa shape index (κ2) is 22.9. The fraction of sp³-hybridized carbons (Fsp3) is 0.696.